The summed E-state index contributed by atoms with van der Waals surface area (Å²) in [7, 11) is 0. The van der Waals surface area contributed by atoms with Gasteiger partial charge in [-0.15, -0.1) is 0 Å². The highest BCUT2D eigenvalue weighted by molar-refractivity contribution is 6.32. The Balaban J connectivity index is 2.09. The van der Waals surface area contributed by atoms with Crippen LogP contribution in [0.15, 0.2) is 36.5 Å². The van der Waals surface area contributed by atoms with Crippen molar-refractivity contribution in [3.63, 3.8) is 0 Å². The second kappa shape index (κ2) is 7.41. The number of carbonyl (C=O) groups excluding carboxylic acids is 1. The maximum absolute atomic E-state index is 11.7. The van der Waals surface area contributed by atoms with Crippen LogP contribution in [-0.4, -0.2) is 22.8 Å². The highest BCUT2D eigenvalue weighted by Crippen LogP contribution is 2.32. The van der Waals surface area contributed by atoms with E-state index in [2.05, 4.69) is 11.4 Å². The van der Waals surface area contributed by atoms with Gasteiger partial charge in [-0.3, -0.25) is 0 Å². The first-order valence-corrected chi connectivity index (χ1v) is 8.00. The van der Waals surface area contributed by atoms with Gasteiger partial charge in [0.25, 0.3) is 0 Å². The van der Waals surface area contributed by atoms with Crippen LogP contribution < -0.4 is 5.32 Å². The first-order valence-electron chi connectivity index (χ1n) is 7.63. The Bertz CT molecular complexity index is 755. The van der Waals surface area contributed by atoms with Crippen molar-refractivity contribution < 1.29 is 9.53 Å². The van der Waals surface area contributed by atoms with Gasteiger partial charge in [0.1, 0.15) is 16.8 Å². The molecule has 0 aliphatic carbocycles. The van der Waals surface area contributed by atoms with Gasteiger partial charge in [0.05, 0.1) is 5.56 Å². The normalized spacial score (nSPS) is 11.0. The summed E-state index contributed by atoms with van der Waals surface area (Å²) in [6, 6.07) is 11.7. The lowest BCUT2D eigenvalue weighted by Crippen LogP contribution is -2.34. The monoisotopic (exact) mass is 345 g/mol. The molecule has 0 atom stereocenters. The van der Waals surface area contributed by atoms with Crippen molar-refractivity contribution in [3.8, 4) is 17.2 Å². The highest BCUT2D eigenvalue weighted by atomic mass is 35.5. The lowest BCUT2D eigenvalue weighted by Gasteiger charge is -2.19. The summed E-state index contributed by atoms with van der Waals surface area (Å²) in [5.41, 5.74) is 1.56. The minimum Gasteiger partial charge on any atom is -0.444 e. The van der Waals surface area contributed by atoms with Crippen LogP contribution in [0.5, 0.6) is 0 Å². The number of carbonyl (C=O) groups is 1. The van der Waals surface area contributed by atoms with Crippen LogP contribution >= 0.6 is 11.6 Å². The molecular formula is C18H20ClN3O2. The zero-order chi connectivity index (χ0) is 17.7. The number of nitrogens with zero attached hydrogens (tertiary/aromatic N) is 2. The maximum atomic E-state index is 11.7. The van der Waals surface area contributed by atoms with Crippen molar-refractivity contribution in [2.24, 2.45) is 0 Å². The topological polar surface area (TPSA) is 67.0 Å². The van der Waals surface area contributed by atoms with Gasteiger partial charge in [-0.25, -0.2) is 4.79 Å². The number of ether oxygens (including phenoxy) is 1. The third-order valence-electron chi connectivity index (χ3n) is 3.22. The maximum Gasteiger partial charge on any atom is 0.407 e. The molecule has 2 aromatic rings. The van der Waals surface area contributed by atoms with Crippen LogP contribution in [-0.2, 0) is 11.3 Å². The Kier molecular flexibility index (Phi) is 5.53. The Morgan fingerprint density at radius 1 is 1.33 bits per heavy atom. The molecule has 6 heteroatoms. The van der Waals surface area contributed by atoms with E-state index in [-0.39, 0.29) is 0 Å². The summed E-state index contributed by atoms with van der Waals surface area (Å²) in [5.74, 6) is 0. The summed E-state index contributed by atoms with van der Waals surface area (Å²) in [4.78, 5) is 11.7. The third-order valence-corrected chi connectivity index (χ3v) is 3.62. The molecule has 0 saturated carbocycles. The predicted molar refractivity (Wildman–Crippen MR) is 93.8 cm³/mol. The molecule has 0 aliphatic rings. The summed E-state index contributed by atoms with van der Waals surface area (Å²) < 4.78 is 6.93. The molecule has 0 bridgehead atoms. The van der Waals surface area contributed by atoms with Crippen molar-refractivity contribution >= 4 is 17.7 Å². The molecule has 0 saturated heterocycles. The van der Waals surface area contributed by atoms with Crippen LogP contribution in [0.4, 0.5) is 4.79 Å². The third kappa shape index (κ3) is 4.53. The number of nitrogens with one attached hydrogen (secondary N) is 1. The Morgan fingerprint density at radius 3 is 2.58 bits per heavy atom. The molecule has 1 heterocycles. The molecule has 0 spiro atoms. The molecule has 1 aromatic heterocycles. The Morgan fingerprint density at radius 2 is 2.00 bits per heavy atom. The summed E-state index contributed by atoms with van der Waals surface area (Å²) in [5, 5.41) is 12.5. The smallest absolute Gasteiger partial charge is 0.407 e. The molecule has 0 radical (unpaired) electrons. The molecule has 5 nitrogen and oxygen atoms in total. The van der Waals surface area contributed by atoms with Gasteiger partial charge in [0.2, 0.25) is 0 Å². The first-order chi connectivity index (χ1) is 11.3. The predicted octanol–water partition coefficient (Wildman–Crippen LogP) is 4.20. The molecule has 24 heavy (non-hydrogen) atoms. The van der Waals surface area contributed by atoms with Crippen molar-refractivity contribution in [2.45, 2.75) is 32.9 Å². The van der Waals surface area contributed by atoms with E-state index in [0.717, 1.165) is 5.56 Å². The van der Waals surface area contributed by atoms with Crippen molar-refractivity contribution in [2.75, 3.05) is 6.54 Å². The molecule has 126 valence electrons. The molecular weight excluding hydrogens is 326 g/mol. The van der Waals surface area contributed by atoms with E-state index in [0.29, 0.717) is 29.4 Å². The number of halogens is 1. The van der Waals surface area contributed by atoms with Gasteiger partial charge in [-0.05, 0) is 26.3 Å². The molecule has 1 aromatic carbocycles. The van der Waals surface area contributed by atoms with E-state index in [4.69, 9.17) is 16.3 Å². The number of hydrogen-bond donors (Lipinski definition) is 1. The number of aromatic nitrogens is 1. The second-order valence-corrected chi connectivity index (χ2v) is 6.67. The molecule has 0 unspecified atom stereocenters. The lowest BCUT2D eigenvalue weighted by atomic mass is 10.1. The number of benzene rings is 1. The molecule has 0 fully saturated rings. The van der Waals surface area contributed by atoms with E-state index in [1.54, 1.807) is 31.5 Å². The number of nitriles is 1. The lowest BCUT2D eigenvalue weighted by molar-refractivity contribution is 0.0526. The first kappa shape index (κ1) is 17.9. The van der Waals surface area contributed by atoms with Crippen molar-refractivity contribution in [3.05, 3.63) is 47.2 Å². The van der Waals surface area contributed by atoms with E-state index < -0.39 is 11.7 Å². The van der Waals surface area contributed by atoms with Gasteiger partial charge in [-0.2, -0.15) is 5.26 Å². The second-order valence-electron chi connectivity index (χ2n) is 6.31. The number of hydrogen-bond acceptors (Lipinski definition) is 3. The van der Waals surface area contributed by atoms with Crippen molar-refractivity contribution in [1.82, 2.24) is 9.88 Å². The Hall–Kier alpha value is -2.45. The minimum atomic E-state index is -0.538. The van der Waals surface area contributed by atoms with Crippen LogP contribution in [0, 0.1) is 11.3 Å². The summed E-state index contributed by atoms with van der Waals surface area (Å²) in [6.07, 6.45) is 1.22. The number of amides is 1. The standard InChI is InChI=1S/C18H20ClN3O2/c1-18(2,3)24-17(23)21-9-10-22-12-14(11-20)15(16(22)19)13-7-5-4-6-8-13/h4-8,12H,9-10H2,1-3H3,(H,21,23). The number of rotatable bonds is 4. The average molecular weight is 346 g/mol. The van der Waals surface area contributed by atoms with E-state index >= 15 is 0 Å². The fourth-order valence-corrected chi connectivity index (χ4v) is 2.60. The van der Waals surface area contributed by atoms with Crippen LogP contribution in [0.25, 0.3) is 11.1 Å². The zero-order valence-electron chi connectivity index (χ0n) is 14.0. The molecule has 1 amide bonds. The largest absolute Gasteiger partial charge is 0.444 e. The SMILES string of the molecule is CC(C)(C)OC(=O)NCCn1cc(C#N)c(-c2ccccc2)c1Cl. The van der Waals surface area contributed by atoms with E-state index in [9.17, 15) is 10.1 Å². The molecule has 2 rings (SSSR count). The number of alkyl carbamates (subject to hydrolysis) is 1. The molecule has 0 aliphatic heterocycles. The van der Waals surface area contributed by atoms with E-state index in [1.165, 1.54) is 0 Å². The van der Waals surface area contributed by atoms with Crippen LogP contribution in [0.2, 0.25) is 5.15 Å². The van der Waals surface area contributed by atoms with Gasteiger partial charge in [-0.1, -0.05) is 41.9 Å². The fraction of sp³-hybridized carbons (Fsp3) is 0.333. The van der Waals surface area contributed by atoms with Crippen molar-refractivity contribution in [1.29, 1.82) is 5.26 Å². The van der Waals surface area contributed by atoms with Gasteiger partial charge in [0, 0.05) is 24.8 Å². The van der Waals surface area contributed by atoms with Crippen LogP contribution in [0.1, 0.15) is 26.3 Å². The minimum absolute atomic E-state index is 0.350. The Labute approximate surface area is 146 Å². The summed E-state index contributed by atoms with van der Waals surface area (Å²) in [6.45, 7) is 6.21. The van der Waals surface area contributed by atoms with E-state index in [1.807, 2.05) is 30.3 Å². The van der Waals surface area contributed by atoms with Gasteiger partial charge >= 0.3 is 6.09 Å². The van der Waals surface area contributed by atoms with Gasteiger partial charge < -0.3 is 14.6 Å². The van der Waals surface area contributed by atoms with Gasteiger partial charge in [0.15, 0.2) is 0 Å². The molecule has 1 N–H and O–H groups in total. The fourth-order valence-electron chi connectivity index (χ4n) is 2.25. The highest BCUT2D eigenvalue weighted by Gasteiger charge is 2.17. The summed E-state index contributed by atoms with van der Waals surface area (Å²) >= 11 is 6.43. The van der Waals surface area contributed by atoms with Crippen LogP contribution in [0.3, 0.4) is 0 Å². The average Bonchev–Trinajstić information content (AvgIpc) is 2.82. The zero-order valence-corrected chi connectivity index (χ0v) is 14.7. The quantitative estimate of drug-likeness (QED) is 0.902.